The Hall–Kier alpha value is -2.44. The van der Waals surface area contributed by atoms with Gasteiger partial charge in [-0.05, 0) is 42.8 Å². The van der Waals surface area contributed by atoms with Crippen LogP contribution in [0.15, 0.2) is 47.2 Å². The van der Waals surface area contributed by atoms with Gasteiger partial charge in [-0.2, -0.15) is 16.4 Å². The van der Waals surface area contributed by atoms with E-state index in [1.54, 1.807) is 16.0 Å². The van der Waals surface area contributed by atoms with E-state index in [4.69, 9.17) is 0 Å². The molecule has 25 heavy (non-hydrogen) atoms. The van der Waals surface area contributed by atoms with Crippen LogP contribution in [0, 0.1) is 13.8 Å². The van der Waals surface area contributed by atoms with Crippen LogP contribution in [0.1, 0.15) is 16.8 Å². The van der Waals surface area contributed by atoms with E-state index in [0.717, 1.165) is 22.8 Å². The molecule has 3 rings (SSSR count). The Labute approximate surface area is 151 Å². The number of amides is 1. The standard InChI is InChI=1S/C19H22N4OS/c1-14-4-6-17(7-5-14)23-18(10-15(2)21-23)20-19(24)12-22(3)11-16-8-9-25-13-16/h4-10,13H,11-12H2,1-3H3,(H,20,24)/p+1. The van der Waals surface area contributed by atoms with E-state index in [1.165, 1.54) is 11.1 Å². The third kappa shape index (κ3) is 4.55. The first-order chi connectivity index (χ1) is 12.0. The molecular weight excluding hydrogens is 332 g/mol. The monoisotopic (exact) mass is 355 g/mol. The molecule has 1 unspecified atom stereocenters. The Morgan fingerprint density at radius 3 is 2.68 bits per heavy atom. The van der Waals surface area contributed by atoms with Crippen LogP contribution in [0.5, 0.6) is 0 Å². The molecule has 0 saturated heterocycles. The topological polar surface area (TPSA) is 51.4 Å². The lowest BCUT2D eigenvalue weighted by atomic mass is 10.2. The minimum Gasteiger partial charge on any atom is -0.326 e. The first-order valence-electron chi connectivity index (χ1n) is 8.27. The fourth-order valence-electron chi connectivity index (χ4n) is 2.74. The van der Waals surface area contributed by atoms with Crippen molar-refractivity contribution in [2.24, 2.45) is 0 Å². The van der Waals surface area contributed by atoms with Gasteiger partial charge in [0.15, 0.2) is 6.54 Å². The van der Waals surface area contributed by atoms with E-state index in [9.17, 15) is 4.79 Å². The molecule has 2 heterocycles. The zero-order valence-electron chi connectivity index (χ0n) is 14.7. The fourth-order valence-corrected chi connectivity index (χ4v) is 3.41. The maximum atomic E-state index is 12.4. The van der Waals surface area contributed by atoms with Crippen LogP contribution in [0.4, 0.5) is 5.82 Å². The average molecular weight is 355 g/mol. The third-order valence-corrected chi connectivity index (χ3v) is 4.66. The summed E-state index contributed by atoms with van der Waals surface area (Å²) in [5.74, 6) is 0.690. The van der Waals surface area contributed by atoms with Crippen molar-refractivity contribution in [3.05, 3.63) is 64.0 Å². The van der Waals surface area contributed by atoms with Crippen molar-refractivity contribution in [3.63, 3.8) is 0 Å². The van der Waals surface area contributed by atoms with Crippen LogP contribution in [0.2, 0.25) is 0 Å². The number of aryl methyl sites for hydroxylation is 2. The quantitative estimate of drug-likeness (QED) is 0.712. The molecule has 3 aromatic rings. The van der Waals surface area contributed by atoms with E-state index in [0.29, 0.717) is 12.4 Å². The third-order valence-electron chi connectivity index (χ3n) is 3.93. The van der Waals surface area contributed by atoms with E-state index in [-0.39, 0.29) is 5.91 Å². The molecule has 0 saturated carbocycles. The van der Waals surface area contributed by atoms with Gasteiger partial charge < -0.3 is 10.2 Å². The van der Waals surface area contributed by atoms with Gasteiger partial charge in [0.1, 0.15) is 12.4 Å². The number of likely N-dealkylation sites (N-methyl/N-ethyl adjacent to an activating group) is 1. The van der Waals surface area contributed by atoms with Crippen molar-refractivity contribution in [3.8, 4) is 5.69 Å². The van der Waals surface area contributed by atoms with Crippen LogP contribution in [-0.4, -0.2) is 29.3 Å². The number of quaternary nitrogens is 1. The van der Waals surface area contributed by atoms with Crippen LogP contribution >= 0.6 is 11.3 Å². The normalized spacial score (nSPS) is 12.1. The highest BCUT2D eigenvalue weighted by atomic mass is 32.1. The maximum Gasteiger partial charge on any atom is 0.280 e. The zero-order chi connectivity index (χ0) is 17.8. The highest BCUT2D eigenvalue weighted by molar-refractivity contribution is 7.07. The minimum absolute atomic E-state index is 0.0130. The second kappa shape index (κ2) is 7.63. The first kappa shape index (κ1) is 17.4. The molecule has 0 aliphatic rings. The SMILES string of the molecule is Cc1ccc(-n2nc(C)cc2NC(=O)C[NH+](C)Cc2ccsc2)cc1. The molecule has 0 aliphatic carbocycles. The number of nitrogens with zero attached hydrogens (tertiary/aromatic N) is 2. The van der Waals surface area contributed by atoms with Crippen LogP contribution in [-0.2, 0) is 11.3 Å². The van der Waals surface area contributed by atoms with Crippen molar-refractivity contribution in [1.29, 1.82) is 0 Å². The number of hydrogen-bond acceptors (Lipinski definition) is 3. The molecule has 0 bridgehead atoms. The summed E-state index contributed by atoms with van der Waals surface area (Å²) in [6.45, 7) is 5.22. The molecule has 5 nitrogen and oxygen atoms in total. The van der Waals surface area contributed by atoms with Crippen LogP contribution in [0.3, 0.4) is 0 Å². The van der Waals surface area contributed by atoms with E-state index >= 15 is 0 Å². The molecule has 2 aromatic heterocycles. The fraction of sp³-hybridized carbons (Fsp3) is 0.263. The summed E-state index contributed by atoms with van der Waals surface area (Å²) >= 11 is 1.68. The number of rotatable bonds is 6. The van der Waals surface area contributed by atoms with Gasteiger partial charge >= 0.3 is 0 Å². The van der Waals surface area contributed by atoms with Gasteiger partial charge in [0, 0.05) is 11.6 Å². The highest BCUT2D eigenvalue weighted by Gasteiger charge is 2.15. The lowest BCUT2D eigenvalue weighted by Crippen LogP contribution is -3.08. The molecule has 0 spiro atoms. The van der Waals surface area contributed by atoms with E-state index in [1.807, 2.05) is 51.2 Å². The number of benzene rings is 1. The highest BCUT2D eigenvalue weighted by Crippen LogP contribution is 2.17. The predicted octanol–water partition coefficient (Wildman–Crippen LogP) is 2.20. The van der Waals surface area contributed by atoms with Gasteiger partial charge in [-0.1, -0.05) is 17.7 Å². The predicted molar refractivity (Wildman–Crippen MR) is 101 cm³/mol. The van der Waals surface area contributed by atoms with Crippen molar-refractivity contribution in [2.75, 3.05) is 18.9 Å². The molecule has 1 aromatic carbocycles. The van der Waals surface area contributed by atoms with E-state index in [2.05, 4.69) is 27.2 Å². The molecule has 1 atom stereocenters. The average Bonchev–Trinajstić information content (AvgIpc) is 3.17. The summed E-state index contributed by atoms with van der Waals surface area (Å²) in [6.07, 6.45) is 0. The number of carbonyl (C=O) groups excluding carboxylic acids is 1. The first-order valence-corrected chi connectivity index (χ1v) is 9.21. The summed E-state index contributed by atoms with van der Waals surface area (Å²) in [5.41, 5.74) is 4.26. The summed E-state index contributed by atoms with van der Waals surface area (Å²) in [4.78, 5) is 13.6. The van der Waals surface area contributed by atoms with Gasteiger partial charge in [-0.25, -0.2) is 4.68 Å². The number of thiophene rings is 1. The lowest BCUT2D eigenvalue weighted by molar-refractivity contribution is -0.885. The minimum atomic E-state index is -0.0130. The van der Waals surface area contributed by atoms with E-state index < -0.39 is 0 Å². The maximum absolute atomic E-state index is 12.4. The number of anilines is 1. The number of hydrogen-bond donors (Lipinski definition) is 2. The Bertz CT molecular complexity index is 837. The second-order valence-corrected chi connectivity index (χ2v) is 7.19. The summed E-state index contributed by atoms with van der Waals surface area (Å²) < 4.78 is 1.78. The van der Waals surface area contributed by atoms with Gasteiger partial charge in [0.05, 0.1) is 18.4 Å². The van der Waals surface area contributed by atoms with Gasteiger partial charge in [0.25, 0.3) is 5.91 Å². The Kier molecular flexibility index (Phi) is 5.31. The van der Waals surface area contributed by atoms with Crippen molar-refractivity contribution in [1.82, 2.24) is 9.78 Å². The van der Waals surface area contributed by atoms with Gasteiger partial charge in [-0.3, -0.25) is 4.79 Å². The van der Waals surface area contributed by atoms with Crippen molar-refractivity contribution in [2.45, 2.75) is 20.4 Å². The van der Waals surface area contributed by atoms with Gasteiger partial charge in [0.2, 0.25) is 0 Å². The van der Waals surface area contributed by atoms with Crippen LogP contribution in [0.25, 0.3) is 5.69 Å². The van der Waals surface area contributed by atoms with Gasteiger partial charge in [-0.15, -0.1) is 0 Å². The van der Waals surface area contributed by atoms with Crippen molar-refractivity contribution < 1.29 is 9.69 Å². The molecule has 0 radical (unpaired) electrons. The zero-order valence-corrected chi connectivity index (χ0v) is 15.6. The van der Waals surface area contributed by atoms with Crippen molar-refractivity contribution >= 4 is 23.1 Å². The molecule has 1 amide bonds. The summed E-state index contributed by atoms with van der Waals surface area (Å²) in [7, 11) is 2.03. The largest absolute Gasteiger partial charge is 0.326 e. The molecular formula is C19H23N4OS+. The Morgan fingerprint density at radius 2 is 2.00 bits per heavy atom. The number of aromatic nitrogens is 2. The summed E-state index contributed by atoms with van der Waals surface area (Å²) in [6, 6.07) is 12.1. The molecule has 130 valence electrons. The molecule has 0 aliphatic heterocycles. The number of carbonyl (C=O) groups is 1. The van der Waals surface area contributed by atoms with Crippen LogP contribution < -0.4 is 10.2 Å². The second-order valence-electron chi connectivity index (χ2n) is 6.41. The summed E-state index contributed by atoms with van der Waals surface area (Å²) in [5, 5.41) is 11.7. The molecule has 6 heteroatoms. The Morgan fingerprint density at radius 1 is 1.24 bits per heavy atom. The Balaban J connectivity index is 1.68. The molecule has 2 N–H and O–H groups in total. The lowest BCUT2D eigenvalue weighted by Gasteiger charge is -2.14. The molecule has 0 fully saturated rings. The number of nitrogens with one attached hydrogen (secondary N) is 2. The smallest absolute Gasteiger partial charge is 0.280 e.